The Morgan fingerprint density at radius 2 is 1.58 bits per heavy atom. The summed E-state index contributed by atoms with van der Waals surface area (Å²) in [7, 11) is -3.91. The smallest absolute Gasteiger partial charge is 0.264 e. The molecular formula is C26H29ClN2O3S. The molecule has 3 aromatic rings. The van der Waals surface area contributed by atoms with Gasteiger partial charge in [-0.1, -0.05) is 74.0 Å². The van der Waals surface area contributed by atoms with Crippen molar-refractivity contribution in [3.05, 3.63) is 95.0 Å². The Hall–Kier alpha value is -2.83. The number of nitrogens with zero attached hydrogens (tertiary/aromatic N) is 1. The van der Waals surface area contributed by atoms with E-state index in [-0.39, 0.29) is 17.3 Å². The zero-order chi connectivity index (χ0) is 23.8. The number of halogens is 1. The number of carbonyl (C=O) groups excluding carboxylic acids is 1. The Balaban J connectivity index is 1.72. The molecular weight excluding hydrogens is 456 g/mol. The van der Waals surface area contributed by atoms with E-state index in [9.17, 15) is 13.2 Å². The van der Waals surface area contributed by atoms with Gasteiger partial charge in [-0.25, -0.2) is 8.42 Å². The van der Waals surface area contributed by atoms with Gasteiger partial charge in [-0.2, -0.15) is 0 Å². The van der Waals surface area contributed by atoms with Crippen molar-refractivity contribution < 1.29 is 13.2 Å². The van der Waals surface area contributed by atoms with Gasteiger partial charge in [0.1, 0.15) is 6.54 Å². The van der Waals surface area contributed by atoms with Crippen LogP contribution in [-0.2, 0) is 21.2 Å². The molecule has 0 atom stereocenters. The summed E-state index contributed by atoms with van der Waals surface area (Å²) in [5.41, 5.74) is 2.57. The number of hydrogen-bond acceptors (Lipinski definition) is 3. The summed E-state index contributed by atoms with van der Waals surface area (Å²) in [5.74, 6) is -0.0405. The molecule has 0 aliphatic heterocycles. The Labute approximate surface area is 201 Å². The SMILES string of the molecule is CC(C)c1ccc(N(CC(=O)NCCCc2ccccc2Cl)S(=O)(=O)c2ccccc2)cc1. The zero-order valence-electron chi connectivity index (χ0n) is 18.9. The van der Waals surface area contributed by atoms with Crippen LogP contribution in [0.2, 0.25) is 5.02 Å². The van der Waals surface area contributed by atoms with E-state index >= 15 is 0 Å². The summed E-state index contributed by atoms with van der Waals surface area (Å²) in [6.07, 6.45) is 1.42. The average Bonchev–Trinajstić information content (AvgIpc) is 2.82. The molecule has 1 amide bonds. The fraction of sp³-hybridized carbons (Fsp3) is 0.269. The van der Waals surface area contributed by atoms with E-state index in [2.05, 4.69) is 19.2 Å². The van der Waals surface area contributed by atoms with E-state index in [1.54, 1.807) is 30.3 Å². The molecule has 0 spiro atoms. The largest absolute Gasteiger partial charge is 0.355 e. The van der Waals surface area contributed by atoms with Crippen molar-refractivity contribution in [2.45, 2.75) is 37.5 Å². The molecule has 7 heteroatoms. The van der Waals surface area contributed by atoms with Crippen LogP contribution in [0.1, 0.15) is 37.3 Å². The van der Waals surface area contributed by atoms with Gasteiger partial charge in [-0.05, 0) is 60.2 Å². The van der Waals surface area contributed by atoms with Crippen LogP contribution in [0.4, 0.5) is 5.69 Å². The van der Waals surface area contributed by atoms with Crippen LogP contribution >= 0.6 is 11.6 Å². The van der Waals surface area contributed by atoms with Gasteiger partial charge in [0.2, 0.25) is 5.91 Å². The predicted molar refractivity (Wildman–Crippen MR) is 134 cm³/mol. The van der Waals surface area contributed by atoms with Crippen molar-refractivity contribution in [1.82, 2.24) is 5.32 Å². The molecule has 0 aromatic heterocycles. The van der Waals surface area contributed by atoms with Crippen molar-refractivity contribution in [1.29, 1.82) is 0 Å². The van der Waals surface area contributed by atoms with Gasteiger partial charge in [0.25, 0.3) is 10.0 Å². The molecule has 33 heavy (non-hydrogen) atoms. The fourth-order valence-electron chi connectivity index (χ4n) is 3.45. The first kappa shape index (κ1) is 24.8. The summed E-state index contributed by atoms with van der Waals surface area (Å²) in [6.45, 7) is 4.27. The van der Waals surface area contributed by atoms with Crippen LogP contribution in [-0.4, -0.2) is 27.4 Å². The summed E-state index contributed by atoms with van der Waals surface area (Å²) < 4.78 is 27.9. The summed E-state index contributed by atoms with van der Waals surface area (Å²) in [6, 6.07) is 23.1. The van der Waals surface area contributed by atoms with Crippen molar-refractivity contribution in [3.8, 4) is 0 Å². The molecule has 0 heterocycles. The van der Waals surface area contributed by atoms with Gasteiger partial charge < -0.3 is 5.32 Å². The minimum atomic E-state index is -3.91. The fourth-order valence-corrected chi connectivity index (χ4v) is 5.13. The number of carbonyl (C=O) groups is 1. The first-order valence-corrected chi connectivity index (χ1v) is 12.8. The summed E-state index contributed by atoms with van der Waals surface area (Å²) in [5, 5.41) is 3.54. The van der Waals surface area contributed by atoms with Crippen LogP contribution in [0.5, 0.6) is 0 Å². The van der Waals surface area contributed by atoms with E-state index in [0.29, 0.717) is 29.6 Å². The average molecular weight is 485 g/mol. The normalized spacial score (nSPS) is 11.4. The van der Waals surface area contributed by atoms with Crippen molar-refractivity contribution >= 4 is 33.2 Å². The van der Waals surface area contributed by atoms with E-state index in [0.717, 1.165) is 21.9 Å². The van der Waals surface area contributed by atoms with Gasteiger partial charge in [0.15, 0.2) is 0 Å². The highest BCUT2D eigenvalue weighted by Gasteiger charge is 2.27. The molecule has 174 valence electrons. The molecule has 3 rings (SSSR count). The van der Waals surface area contributed by atoms with E-state index in [4.69, 9.17) is 11.6 Å². The zero-order valence-corrected chi connectivity index (χ0v) is 20.4. The summed E-state index contributed by atoms with van der Waals surface area (Å²) >= 11 is 6.18. The van der Waals surface area contributed by atoms with E-state index < -0.39 is 10.0 Å². The van der Waals surface area contributed by atoms with Crippen molar-refractivity contribution in [2.24, 2.45) is 0 Å². The molecule has 0 saturated heterocycles. The lowest BCUT2D eigenvalue weighted by Gasteiger charge is -2.24. The number of amides is 1. The van der Waals surface area contributed by atoms with Gasteiger partial charge in [-0.3, -0.25) is 9.10 Å². The van der Waals surface area contributed by atoms with Crippen molar-refractivity contribution in [2.75, 3.05) is 17.4 Å². The number of hydrogen-bond donors (Lipinski definition) is 1. The quantitative estimate of drug-likeness (QED) is 0.391. The number of rotatable bonds is 10. The molecule has 0 aliphatic carbocycles. The first-order chi connectivity index (χ1) is 15.8. The Morgan fingerprint density at radius 1 is 0.939 bits per heavy atom. The first-order valence-electron chi connectivity index (χ1n) is 11.0. The van der Waals surface area contributed by atoms with Gasteiger partial charge in [0.05, 0.1) is 10.6 Å². The lowest BCUT2D eigenvalue weighted by atomic mass is 10.0. The Morgan fingerprint density at radius 3 is 2.21 bits per heavy atom. The maximum atomic E-state index is 13.4. The minimum Gasteiger partial charge on any atom is -0.355 e. The molecule has 1 N–H and O–H groups in total. The highest BCUT2D eigenvalue weighted by atomic mass is 35.5. The minimum absolute atomic E-state index is 0.143. The Bertz CT molecular complexity index is 1160. The van der Waals surface area contributed by atoms with Crippen LogP contribution in [0.15, 0.2) is 83.8 Å². The molecule has 0 radical (unpaired) electrons. The topological polar surface area (TPSA) is 66.5 Å². The third-order valence-corrected chi connectivity index (χ3v) is 7.53. The van der Waals surface area contributed by atoms with Crippen LogP contribution < -0.4 is 9.62 Å². The number of nitrogens with one attached hydrogen (secondary N) is 1. The second kappa shape index (κ2) is 11.3. The van der Waals surface area contributed by atoms with Crippen LogP contribution in [0.3, 0.4) is 0 Å². The predicted octanol–water partition coefficient (Wildman–Crippen LogP) is 5.41. The number of benzene rings is 3. The van der Waals surface area contributed by atoms with Crippen molar-refractivity contribution in [3.63, 3.8) is 0 Å². The molecule has 0 aliphatic rings. The van der Waals surface area contributed by atoms with Gasteiger partial charge in [0, 0.05) is 11.6 Å². The number of anilines is 1. The van der Waals surface area contributed by atoms with E-state index in [1.165, 1.54) is 12.1 Å². The highest BCUT2D eigenvalue weighted by molar-refractivity contribution is 7.92. The molecule has 0 fully saturated rings. The molecule has 3 aromatic carbocycles. The maximum Gasteiger partial charge on any atom is 0.264 e. The second-order valence-electron chi connectivity index (χ2n) is 8.12. The van der Waals surface area contributed by atoms with E-state index in [1.807, 2.05) is 36.4 Å². The molecule has 0 bridgehead atoms. The number of sulfonamides is 1. The monoisotopic (exact) mass is 484 g/mol. The van der Waals surface area contributed by atoms with Gasteiger partial charge in [-0.15, -0.1) is 0 Å². The molecule has 0 unspecified atom stereocenters. The second-order valence-corrected chi connectivity index (χ2v) is 10.4. The lowest BCUT2D eigenvalue weighted by Crippen LogP contribution is -2.41. The van der Waals surface area contributed by atoms with Crippen LogP contribution in [0.25, 0.3) is 0 Å². The third-order valence-electron chi connectivity index (χ3n) is 5.37. The number of aryl methyl sites for hydroxylation is 1. The molecule has 0 saturated carbocycles. The van der Waals surface area contributed by atoms with Gasteiger partial charge >= 0.3 is 0 Å². The summed E-state index contributed by atoms with van der Waals surface area (Å²) in [4.78, 5) is 12.9. The Kier molecular flexibility index (Phi) is 8.53. The standard InChI is InChI=1S/C26H29ClN2O3S/c1-20(2)21-14-16-23(17-15-21)29(33(31,32)24-11-4-3-5-12-24)19-26(30)28-18-8-10-22-9-6-7-13-25(22)27/h3-7,9,11-17,20H,8,10,18-19H2,1-2H3,(H,28,30). The highest BCUT2D eigenvalue weighted by Crippen LogP contribution is 2.25. The maximum absolute atomic E-state index is 13.4. The van der Waals surface area contributed by atoms with Crippen LogP contribution in [0, 0.1) is 0 Å². The third kappa shape index (κ3) is 6.59. The lowest BCUT2D eigenvalue weighted by molar-refractivity contribution is -0.119. The molecule has 5 nitrogen and oxygen atoms in total.